The Bertz CT molecular complexity index is 454. The lowest BCUT2D eigenvalue weighted by Gasteiger charge is -2.18. The van der Waals surface area contributed by atoms with Crippen LogP contribution in [0.5, 0.6) is 0 Å². The van der Waals surface area contributed by atoms with Crippen molar-refractivity contribution in [3.8, 4) is 0 Å². The maximum Gasteiger partial charge on any atom is 0.303 e. The summed E-state index contributed by atoms with van der Waals surface area (Å²) in [5.74, 6) is -0.194. The average Bonchev–Trinajstić information content (AvgIpc) is 2.79. The van der Waals surface area contributed by atoms with Gasteiger partial charge in [-0.2, -0.15) is 12.7 Å². The molecule has 0 spiro atoms. The van der Waals surface area contributed by atoms with E-state index in [-0.39, 0.29) is 5.92 Å². The average molecular weight is 272 g/mol. The maximum absolute atomic E-state index is 12.1. The zero-order valence-corrected chi connectivity index (χ0v) is 11.5. The van der Waals surface area contributed by atoms with Crippen LogP contribution >= 0.6 is 0 Å². The zero-order chi connectivity index (χ0) is 13.4. The molecule has 1 saturated carbocycles. The second-order valence-corrected chi connectivity index (χ2v) is 6.77. The molecule has 2 aliphatic rings. The number of hydrogen-bond acceptors (Lipinski definition) is 3. The van der Waals surface area contributed by atoms with E-state index < -0.39 is 21.5 Å². The van der Waals surface area contributed by atoms with E-state index in [1.807, 2.05) is 6.92 Å². The molecule has 1 amide bonds. The zero-order valence-electron chi connectivity index (χ0n) is 10.7. The Morgan fingerprint density at radius 3 is 2.56 bits per heavy atom. The molecule has 5 nitrogen and oxygen atoms in total. The molecule has 6 heteroatoms. The Morgan fingerprint density at radius 2 is 2.11 bits per heavy atom. The van der Waals surface area contributed by atoms with Crippen molar-refractivity contribution < 1.29 is 13.2 Å². The largest absolute Gasteiger partial charge is 0.303 e. The molecule has 1 aliphatic heterocycles. The first-order valence-corrected chi connectivity index (χ1v) is 7.86. The summed E-state index contributed by atoms with van der Waals surface area (Å²) in [7, 11) is -3.66. The maximum atomic E-state index is 12.1. The molecule has 0 aromatic heterocycles. The lowest BCUT2D eigenvalue weighted by Crippen LogP contribution is -2.45. The third kappa shape index (κ3) is 2.19. The van der Waals surface area contributed by atoms with E-state index in [9.17, 15) is 13.2 Å². The molecule has 1 saturated heterocycles. The molecule has 0 unspecified atom stereocenters. The van der Waals surface area contributed by atoms with Crippen LogP contribution in [0.2, 0.25) is 0 Å². The van der Waals surface area contributed by atoms with Crippen molar-refractivity contribution in [2.24, 2.45) is 11.3 Å². The van der Waals surface area contributed by atoms with Gasteiger partial charge < -0.3 is 0 Å². The Morgan fingerprint density at radius 1 is 1.50 bits per heavy atom. The van der Waals surface area contributed by atoms with Gasteiger partial charge in [-0.25, -0.2) is 4.72 Å². The lowest BCUT2D eigenvalue weighted by atomic mass is 10.0. The summed E-state index contributed by atoms with van der Waals surface area (Å²) in [6.07, 6.45) is 4.88. The van der Waals surface area contributed by atoms with E-state index in [1.54, 1.807) is 6.08 Å². The molecule has 102 valence electrons. The predicted molar refractivity (Wildman–Crippen MR) is 68.9 cm³/mol. The van der Waals surface area contributed by atoms with Crippen LogP contribution in [0.3, 0.4) is 0 Å². The van der Waals surface area contributed by atoms with E-state index >= 15 is 0 Å². The van der Waals surface area contributed by atoms with E-state index in [4.69, 9.17) is 0 Å². The number of hydrogen-bond donors (Lipinski definition) is 1. The first kappa shape index (κ1) is 13.5. The second-order valence-electron chi connectivity index (χ2n) is 5.10. The highest BCUT2D eigenvalue weighted by atomic mass is 32.2. The fourth-order valence-corrected chi connectivity index (χ4v) is 3.98. The summed E-state index contributed by atoms with van der Waals surface area (Å²) in [5, 5.41) is 0. The van der Waals surface area contributed by atoms with Gasteiger partial charge in [0.2, 0.25) is 5.91 Å². The molecule has 18 heavy (non-hydrogen) atoms. The number of amides is 1. The van der Waals surface area contributed by atoms with Gasteiger partial charge in [-0.3, -0.25) is 4.79 Å². The summed E-state index contributed by atoms with van der Waals surface area (Å²) in [4.78, 5) is 12.1. The fraction of sp³-hybridized carbons (Fsp3) is 0.750. The van der Waals surface area contributed by atoms with Gasteiger partial charge in [0.25, 0.3) is 0 Å². The Balaban J connectivity index is 2.05. The van der Waals surface area contributed by atoms with Crippen molar-refractivity contribution in [2.75, 3.05) is 13.1 Å². The van der Waals surface area contributed by atoms with E-state index in [0.29, 0.717) is 19.5 Å². The van der Waals surface area contributed by atoms with Crippen LogP contribution < -0.4 is 4.72 Å². The summed E-state index contributed by atoms with van der Waals surface area (Å²) >= 11 is 0. The number of carbonyl (C=O) groups excluding carboxylic acids is 1. The Kier molecular flexibility index (Phi) is 3.51. The van der Waals surface area contributed by atoms with Crippen LogP contribution in [-0.2, 0) is 15.0 Å². The van der Waals surface area contributed by atoms with Gasteiger partial charge in [0.1, 0.15) is 0 Å². The smallest absolute Gasteiger partial charge is 0.273 e. The first-order chi connectivity index (χ1) is 8.46. The molecule has 2 fully saturated rings. The quantitative estimate of drug-likeness (QED) is 0.761. The van der Waals surface area contributed by atoms with Crippen LogP contribution in [0.4, 0.5) is 0 Å². The molecule has 0 bridgehead atoms. The van der Waals surface area contributed by atoms with Gasteiger partial charge in [0, 0.05) is 13.1 Å². The molecule has 0 aromatic carbocycles. The van der Waals surface area contributed by atoms with Gasteiger partial charge in [-0.05, 0) is 25.2 Å². The number of nitrogens with one attached hydrogen (secondary N) is 1. The van der Waals surface area contributed by atoms with Crippen molar-refractivity contribution in [1.82, 2.24) is 9.03 Å². The van der Waals surface area contributed by atoms with E-state index in [0.717, 1.165) is 19.3 Å². The monoisotopic (exact) mass is 272 g/mol. The van der Waals surface area contributed by atoms with E-state index in [1.165, 1.54) is 4.31 Å². The molecule has 2 rings (SSSR count). The Hall–Kier alpha value is -0.880. The van der Waals surface area contributed by atoms with Crippen molar-refractivity contribution in [3.05, 3.63) is 12.7 Å². The van der Waals surface area contributed by atoms with Crippen molar-refractivity contribution in [2.45, 2.75) is 32.6 Å². The van der Waals surface area contributed by atoms with Gasteiger partial charge in [-0.1, -0.05) is 19.4 Å². The normalized spacial score (nSPS) is 32.2. The molecule has 1 aliphatic carbocycles. The summed E-state index contributed by atoms with van der Waals surface area (Å²) in [6, 6.07) is 0. The highest BCUT2D eigenvalue weighted by Gasteiger charge is 2.57. The minimum atomic E-state index is -3.66. The topological polar surface area (TPSA) is 66.5 Å². The summed E-state index contributed by atoms with van der Waals surface area (Å²) in [5.41, 5.74) is -0.665. The molecule has 1 heterocycles. The minimum Gasteiger partial charge on any atom is -0.273 e. The lowest BCUT2D eigenvalue weighted by molar-refractivity contribution is -0.123. The number of rotatable bonds is 5. The predicted octanol–water partition coefficient (Wildman–Crippen LogP) is 1.05. The van der Waals surface area contributed by atoms with Crippen LogP contribution in [0, 0.1) is 11.3 Å². The number of nitrogens with zero attached hydrogens (tertiary/aromatic N) is 1. The molecule has 0 aromatic rings. The fourth-order valence-electron chi connectivity index (χ4n) is 2.68. The first-order valence-electron chi connectivity index (χ1n) is 6.42. The molecule has 1 N–H and O–H groups in total. The highest BCUT2D eigenvalue weighted by Crippen LogP contribution is 2.55. The molecular formula is C12H20N2O3S. The van der Waals surface area contributed by atoms with Crippen LogP contribution in [0.25, 0.3) is 0 Å². The minimum absolute atomic E-state index is 0.226. The molecule has 2 atom stereocenters. The van der Waals surface area contributed by atoms with Crippen LogP contribution in [-0.4, -0.2) is 31.7 Å². The van der Waals surface area contributed by atoms with Crippen LogP contribution in [0.1, 0.15) is 32.6 Å². The van der Waals surface area contributed by atoms with Crippen molar-refractivity contribution >= 4 is 16.1 Å². The number of carbonyl (C=O) groups is 1. The molecule has 0 radical (unpaired) electrons. The third-order valence-electron chi connectivity index (χ3n) is 4.06. The van der Waals surface area contributed by atoms with Gasteiger partial charge in [-0.15, -0.1) is 6.58 Å². The SMILES string of the molecule is C=C[C@]1(C(=O)NS(=O)(=O)N2CCCC2)C[C@H]1CC. The third-order valence-corrected chi connectivity index (χ3v) is 5.55. The van der Waals surface area contributed by atoms with Crippen LogP contribution in [0.15, 0.2) is 12.7 Å². The second kappa shape index (κ2) is 4.66. The highest BCUT2D eigenvalue weighted by molar-refractivity contribution is 7.87. The molecular weight excluding hydrogens is 252 g/mol. The Labute approximate surface area is 108 Å². The summed E-state index contributed by atoms with van der Waals surface area (Å²) in [6.45, 7) is 6.67. The van der Waals surface area contributed by atoms with Gasteiger partial charge in [0.05, 0.1) is 5.41 Å². The van der Waals surface area contributed by atoms with E-state index in [2.05, 4.69) is 11.3 Å². The van der Waals surface area contributed by atoms with Gasteiger partial charge in [0.15, 0.2) is 0 Å². The van der Waals surface area contributed by atoms with Gasteiger partial charge >= 0.3 is 10.2 Å². The summed E-state index contributed by atoms with van der Waals surface area (Å²) < 4.78 is 27.5. The van der Waals surface area contributed by atoms with Crippen molar-refractivity contribution in [1.29, 1.82) is 0 Å². The standard InChI is InChI=1S/C12H20N2O3S/c1-3-10-9-12(10,4-2)11(15)13-18(16,17)14-7-5-6-8-14/h4,10H,2-3,5-9H2,1H3,(H,13,15)/t10-,12+/m1/s1. The van der Waals surface area contributed by atoms with Crippen molar-refractivity contribution in [3.63, 3.8) is 0 Å².